The maximum atomic E-state index is 13.1. The molecular weight excluding hydrogens is 410 g/mol. The largest absolute Gasteiger partial charge is 0.493 e. The Bertz CT molecular complexity index is 1010. The van der Waals surface area contributed by atoms with Gasteiger partial charge in [0.2, 0.25) is 5.75 Å². The van der Waals surface area contributed by atoms with E-state index < -0.39 is 0 Å². The van der Waals surface area contributed by atoms with Gasteiger partial charge in [0.05, 0.1) is 32.6 Å². The van der Waals surface area contributed by atoms with Gasteiger partial charge in [-0.1, -0.05) is 6.42 Å². The minimum atomic E-state index is -0.286. The third-order valence-corrected chi connectivity index (χ3v) is 6.22. The first-order valence-electron chi connectivity index (χ1n) is 10.8. The molecule has 32 heavy (non-hydrogen) atoms. The molecule has 1 atom stereocenters. The van der Waals surface area contributed by atoms with E-state index in [9.17, 15) is 9.59 Å². The lowest BCUT2D eigenvalue weighted by Gasteiger charge is -2.43. The first-order chi connectivity index (χ1) is 15.5. The van der Waals surface area contributed by atoms with Crippen molar-refractivity contribution in [1.82, 2.24) is 4.90 Å². The van der Waals surface area contributed by atoms with E-state index in [0.717, 1.165) is 37.9 Å². The SMILES string of the molecule is COc1cc(NC(=O)c2ccc3c(c2)N(C)C2CCCCCN2C3=O)cc(OC)c1OC. The number of ether oxygens (including phenoxy) is 3. The highest BCUT2D eigenvalue weighted by Crippen LogP contribution is 2.40. The van der Waals surface area contributed by atoms with Crippen molar-refractivity contribution in [3.8, 4) is 17.2 Å². The Morgan fingerprint density at radius 2 is 1.72 bits per heavy atom. The summed E-state index contributed by atoms with van der Waals surface area (Å²) in [5.41, 5.74) is 2.41. The number of hydrogen-bond acceptors (Lipinski definition) is 6. The molecule has 8 nitrogen and oxygen atoms in total. The van der Waals surface area contributed by atoms with E-state index in [2.05, 4.69) is 10.2 Å². The Kier molecular flexibility index (Phi) is 6.12. The van der Waals surface area contributed by atoms with Crippen LogP contribution >= 0.6 is 0 Å². The average molecular weight is 440 g/mol. The molecule has 0 bridgehead atoms. The summed E-state index contributed by atoms with van der Waals surface area (Å²) in [7, 11) is 6.57. The first-order valence-corrected chi connectivity index (χ1v) is 10.8. The lowest BCUT2D eigenvalue weighted by atomic mass is 10.0. The van der Waals surface area contributed by atoms with Gasteiger partial charge in [0.15, 0.2) is 11.5 Å². The highest BCUT2D eigenvalue weighted by Gasteiger charge is 2.36. The van der Waals surface area contributed by atoms with Gasteiger partial charge in [-0.15, -0.1) is 0 Å². The van der Waals surface area contributed by atoms with E-state index >= 15 is 0 Å². The van der Waals surface area contributed by atoms with Crippen LogP contribution in [-0.2, 0) is 0 Å². The molecule has 1 unspecified atom stereocenters. The molecule has 0 saturated carbocycles. The molecule has 2 aliphatic heterocycles. The Balaban J connectivity index is 1.62. The first kappa shape index (κ1) is 21.8. The van der Waals surface area contributed by atoms with E-state index in [0.29, 0.717) is 34.1 Å². The van der Waals surface area contributed by atoms with Gasteiger partial charge in [0.25, 0.3) is 11.8 Å². The van der Waals surface area contributed by atoms with Crippen LogP contribution in [-0.4, -0.2) is 57.8 Å². The molecule has 2 aromatic carbocycles. The van der Waals surface area contributed by atoms with Gasteiger partial charge in [-0.05, 0) is 37.5 Å². The zero-order valence-electron chi connectivity index (χ0n) is 18.9. The standard InChI is InChI=1S/C24H29N3O5/c1-26-18-12-15(9-10-17(18)24(29)27-11-7-5-6-8-21(26)27)23(28)25-16-13-19(30-2)22(32-4)20(14-16)31-3/h9-10,12-14,21H,5-8,11H2,1-4H3,(H,25,28). The molecule has 1 N–H and O–H groups in total. The molecule has 0 aromatic heterocycles. The second kappa shape index (κ2) is 8.98. The Hall–Kier alpha value is -3.42. The van der Waals surface area contributed by atoms with Gasteiger partial charge in [-0.2, -0.15) is 0 Å². The molecule has 2 heterocycles. The fraction of sp³-hybridized carbons (Fsp3) is 0.417. The topological polar surface area (TPSA) is 80.3 Å². The van der Waals surface area contributed by atoms with Crippen molar-refractivity contribution in [3.05, 3.63) is 41.5 Å². The number of nitrogens with one attached hydrogen (secondary N) is 1. The number of carbonyl (C=O) groups excluding carboxylic acids is 2. The molecule has 4 rings (SSSR count). The zero-order chi connectivity index (χ0) is 22.8. The molecule has 2 aromatic rings. The van der Waals surface area contributed by atoms with E-state index in [1.165, 1.54) is 21.3 Å². The van der Waals surface area contributed by atoms with Crippen LogP contribution in [0.1, 0.15) is 46.4 Å². The van der Waals surface area contributed by atoms with Crippen LogP contribution in [0.3, 0.4) is 0 Å². The summed E-state index contributed by atoms with van der Waals surface area (Å²) < 4.78 is 16.1. The van der Waals surface area contributed by atoms with Gasteiger partial charge in [0, 0.05) is 37.0 Å². The highest BCUT2D eigenvalue weighted by atomic mass is 16.5. The molecule has 170 valence electrons. The summed E-state index contributed by atoms with van der Waals surface area (Å²) in [6.07, 6.45) is 4.22. The van der Waals surface area contributed by atoms with Crippen molar-refractivity contribution in [2.75, 3.05) is 45.1 Å². The molecule has 0 aliphatic carbocycles. The summed E-state index contributed by atoms with van der Waals surface area (Å²) in [6, 6.07) is 8.59. The Morgan fingerprint density at radius 1 is 1.00 bits per heavy atom. The van der Waals surface area contributed by atoms with Crippen molar-refractivity contribution in [2.24, 2.45) is 0 Å². The minimum absolute atomic E-state index is 0.0333. The predicted molar refractivity (Wildman–Crippen MR) is 122 cm³/mol. The summed E-state index contributed by atoms with van der Waals surface area (Å²) in [5, 5.41) is 2.89. The maximum absolute atomic E-state index is 13.1. The zero-order valence-corrected chi connectivity index (χ0v) is 18.9. The fourth-order valence-electron chi connectivity index (χ4n) is 4.55. The normalized spacial score (nSPS) is 17.8. The van der Waals surface area contributed by atoms with E-state index in [4.69, 9.17) is 14.2 Å². The summed E-state index contributed by atoms with van der Waals surface area (Å²) in [5.74, 6) is 1.11. The molecule has 1 saturated heterocycles. The van der Waals surface area contributed by atoms with Crippen LogP contribution < -0.4 is 24.4 Å². The van der Waals surface area contributed by atoms with Crippen molar-refractivity contribution < 1.29 is 23.8 Å². The van der Waals surface area contributed by atoms with E-state index in [-0.39, 0.29) is 18.0 Å². The molecule has 1 fully saturated rings. The molecule has 0 radical (unpaired) electrons. The van der Waals surface area contributed by atoms with Crippen molar-refractivity contribution in [1.29, 1.82) is 0 Å². The Labute approximate surface area is 188 Å². The molecule has 0 spiro atoms. The number of benzene rings is 2. The van der Waals surface area contributed by atoms with Crippen molar-refractivity contribution in [2.45, 2.75) is 31.8 Å². The van der Waals surface area contributed by atoms with E-state index in [1.54, 1.807) is 30.3 Å². The number of nitrogens with zero attached hydrogens (tertiary/aromatic N) is 2. The maximum Gasteiger partial charge on any atom is 0.257 e. The van der Waals surface area contributed by atoms with Crippen LogP contribution in [0.15, 0.2) is 30.3 Å². The predicted octanol–water partition coefficient (Wildman–Crippen LogP) is 3.76. The van der Waals surface area contributed by atoms with E-state index in [1.807, 2.05) is 11.9 Å². The third-order valence-electron chi connectivity index (χ3n) is 6.22. The molecule has 2 amide bonds. The Morgan fingerprint density at radius 3 is 2.38 bits per heavy atom. The second-order valence-electron chi connectivity index (χ2n) is 8.04. The van der Waals surface area contributed by atoms with Gasteiger partial charge in [-0.25, -0.2) is 0 Å². The lowest BCUT2D eigenvalue weighted by molar-refractivity contribution is 0.0661. The third kappa shape index (κ3) is 3.81. The summed E-state index contributed by atoms with van der Waals surface area (Å²) in [6.45, 7) is 0.774. The number of methoxy groups -OCH3 is 3. The minimum Gasteiger partial charge on any atom is -0.493 e. The van der Waals surface area contributed by atoms with Crippen LogP contribution in [0.25, 0.3) is 0 Å². The highest BCUT2D eigenvalue weighted by molar-refractivity contribution is 6.08. The quantitative estimate of drug-likeness (QED) is 0.764. The van der Waals surface area contributed by atoms with Crippen LogP contribution in [0.2, 0.25) is 0 Å². The second-order valence-corrected chi connectivity index (χ2v) is 8.04. The van der Waals surface area contributed by atoms with Gasteiger partial charge in [-0.3, -0.25) is 9.59 Å². The number of amides is 2. The molecular formula is C24H29N3O5. The van der Waals surface area contributed by atoms with Gasteiger partial charge in [0.1, 0.15) is 6.17 Å². The molecule has 2 aliphatic rings. The number of carbonyl (C=O) groups is 2. The summed E-state index contributed by atoms with van der Waals surface area (Å²) in [4.78, 5) is 30.2. The smallest absolute Gasteiger partial charge is 0.257 e. The van der Waals surface area contributed by atoms with Crippen LogP contribution in [0.5, 0.6) is 17.2 Å². The summed E-state index contributed by atoms with van der Waals surface area (Å²) >= 11 is 0. The van der Waals surface area contributed by atoms with Crippen molar-refractivity contribution >= 4 is 23.2 Å². The van der Waals surface area contributed by atoms with Crippen LogP contribution in [0, 0.1) is 0 Å². The molecule has 8 heteroatoms. The number of rotatable bonds is 5. The number of anilines is 2. The average Bonchev–Trinajstić information content (AvgIpc) is 3.08. The van der Waals surface area contributed by atoms with Gasteiger partial charge < -0.3 is 29.3 Å². The lowest BCUT2D eigenvalue weighted by Crippen LogP contribution is -2.53. The monoisotopic (exact) mass is 439 g/mol. The van der Waals surface area contributed by atoms with Crippen LogP contribution in [0.4, 0.5) is 11.4 Å². The fourth-order valence-corrected chi connectivity index (χ4v) is 4.55. The van der Waals surface area contributed by atoms with Gasteiger partial charge >= 0.3 is 0 Å². The number of hydrogen-bond donors (Lipinski definition) is 1. The van der Waals surface area contributed by atoms with Crippen molar-refractivity contribution in [3.63, 3.8) is 0 Å². The number of fused-ring (bicyclic) bond motifs is 2.